The molecule has 2 unspecified atom stereocenters. The van der Waals surface area contributed by atoms with Crippen LogP contribution in [0.3, 0.4) is 0 Å². The molecule has 0 saturated carbocycles. The van der Waals surface area contributed by atoms with E-state index in [2.05, 4.69) is 14.9 Å². The smallest absolute Gasteiger partial charge is 0.109 e. The van der Waals surface area contributed by atoms with Gasteiger partial charge in [-0.25, -0.2) is 4.98 Å². The summed E-state index contributed by atoms with van der Waals surface area (Å²) in [6, 6.07) is 0.474. The highest BCUT2D eigenvalue weighted by Gasteiger charge is 2.24. The standard InChI is InChI=1S/C12H21N3O/c1-13-11(10-4-3-7-16-9-10)8-12-14-5-6-15(12)2/h5-6,10-11,13H,3-4,7-9H2,1-2H3. The predicted molar refractivity (Wildman–Crippen MR) is 63.3 cm³/mol. The number of nitrogens with zero attached hydrogens (tertiary/aromatic N) is 2. The molecular formula is C12H21N3O. The largest absolute Gasteiger partial charge is 0.381 e. The number of hydrogen-bond acceptors (Lipinski definition) is 3. The Morgan fingerprint density at radius 2 is 2.56 bits per heavy atom. The molecule has 1 aliphatic rings. The Morgan fingerprint density at radius 1 is 1.69 bits per heavy atom. The number of hydrogen-bond donors (Lipinski definition) is 1. The van der Waals surface area contributed by atoms with Crippen LogP contribution in [0.5, 0.6) is 0 Å². The van der Waals surface area contributed by atoms with Crippen molar-refractivity contribution in [3.63, 3.8) is 0 Å². The van der Waals surface area contributed by atoms with Gasteiger partial charge in [-0.3, -0.25) is 0 Å². The van der Waals surface area contributed by atoms with Crippen molar-refractivity contribution in [2.24, 2.45) is 13.0 Å². The van der Waals surface area contributed by atoms with Crippen molar-refractivity contribution < 1.29 is 4.74 Å². The van der Waals surface area contributed by atoms with E-state index >= 15 is 0 Å². The van der Waals surface area contributed by atoms with Gasteiger partial charge in [0.2, 0.25) is 0 Å². The first-order valence-corrected chi connectivity index (χ1v) is 6.02. The van der Waals surface area contributed by atoms with Gasteiger partial charge in [0.05, 0.1) is 6.61 Å². The van der Waals surface area contributed by atoms with E-state index in [9.17, 15) is 0 Å². The normalized spacial score (nSPS) is 23.2. The summed E-state index contributed by atoms with van der Waals surface area (Å²) in [6.07, 6.45) is 7.28. The molecule has 0 spiro atoms. The van der Waals surface area contributed by atoms with Crippen LogP contribution in [-0.4, -0.2) is 35.9 Å². The molecule has 0 bridgehead atoms. The van der Waals surface area contributed by atoms with Gasteiger partial charge in [0.1, 0.15) is 5.82 Å². The van der Waals surface area contributed by atoms with Crippen molar-refractivity contribution in [1.82, 2.24) is 14.9 Å². The molecule has 1 fully saturated rings. The minimum absolute atomic E-state index is 0.474. The average molecular weight is 223 g/mol. The molecule has 4 nitrogen and oxygen atoms in total. The zero-order chi connectivity index (χ0) is 11.4. The van der Waals surface area contributed by atoms with Crippen molar-refractivity contribution in [2.45, 2.75) is 25.3 Å². The van der Waals surface area contributed by atoms with Crippen molar-refractivity contribution in [1.29, 1.82) is 0 Å². The van der Waals surface area contributed by atoms with Crippen LogP contribution in [0.25, 0.3) is 0 Å². The Labute approximate surface area is 97.0 Å². The van der Waals surface area contributed by atoms with E-state index in [-0.39, 0.29) is 0 Å². The molecule has 0 radical (unpaired) electrons. The van der Waals surface area contributed by atoms with Crippen molar-refractivity contribution in [2.75, 3.05) is 20.3 Å². The minimum Gasteiger partial charge on any atom is -0.381 e. The molecule has 4 heteroatoms. The summed E-state index contributed by atoms with van der Waals surface area (Å²) in [7, 11) is 4.08. The summed E-state index contributed by atoms with van der Waals surface area (Å²) in [4.78, 5) is 4.38. The molecule has 1 saturated heterocycles. The summed E-state index contributed by atoms with van der Waals surface area (Å²) in [5.74, 6) is 1.76. The van der Waals surface area contributed by atoms with Crippen LogP contribution in [0.4, 0.5) is 0 Å². The number of rotatable bonds is 4. The molecule has 1 aliphatic heterocycles. The summed E-state index contributed by atoms with van der Waals surface area (Å²) in [6.45, 7) is 1.81. The third-order valence-electron chi connectivity index (χ3n) is 3.46. The van der Waals surface area contributed by atoms with E-state index in [1.165, 1.54) is 12.8 Å². The average Bonchev–Trinajstić information content (AvgIpc) is 2.73. The van der Waals surface area contributed by atoms with Crippen LogP contribution >= 0.6 is 0 Å². The van der Waals surface area contributed by atoms with E-state index in [0.29, 0.717) is 12.0 Å². The van der Waals surface area contributed by atoms with Crippen LogP contribution in [0.15, 0.2) is 12.4 Å². The van der Waals surface area contributed by atoms with E-state index in [1.807, 2.05) is 26.5 Å². The lowest BCUT2D eigenvalue weighted by molar-refractivity contribution is 0.0401. The van der Waals surface area contributed by atoms with Gasteiger partial charge >= 0.3 is 0 Å². The van der Waals surface area contributed by atoms with Crippen LogP contribution in [0.1, 0.15) is 18.7 Å². The molecular weight excluding hydrogens is 202 g/mol. The third-order valence-corrected chi connectivity index (χ3v) is 3.46. The van der Waals surface area contributed by atoms with Crippen LogP contribution in [0, 0.1) is 5.92 Å². The Kier molecular flexibility index (Phi) is 3.96. The molecule has 2 heterocycles. The van der Waals surface area contributed by atoms with Gasteiger partial charge in [0, 0.05) is 38.5 Å². The monoisotopic (exact) mass is 223 g/mol. The molecule has 0 amide bonds. The van der Waals surface area contributed by atoms with Crippen molar-refractivity contribution in [3.05, 3.63) is 18.2 Å². The lowest BCUT2D eigenvalue weighted by atomic mass is 9.91. The Hall–Kier alpha value is -0.870. The molecule has 2 atom stereocenters. The second-order valence-corrected chi connectivity index (χ2v) is 4.53. The number of likely N-dealkylation sites (N-methyl/N-ethyl adjacent to an activating group) is 1. The molecule has 16 heavy (non-hydrogen) atoms. The molecule has 0 aliphatic carbocycles. The molecule has 2 rings (SSSR count). The van der Waals surface area contributed by atoms with E-state index in [0.717, 1.165) is 25.5 Å². The quantitative estimate of drug-likeness (QED) is 0.827. The fourth-order valence-electron chi connectivity index (χ4n) is 2.38. The van der Waals surface area contributed by atoms with Crippen molar-refractivity contribution >= 4 is 0 Å². The van der Waals surface area contributed by atoms with E-state index < -0.39 is 0 Å². The SMILES string of the molecule is CNC(Cc1nccn1C)C1CCCOC1. The maximum absolute atomic E-state index is 5.55. The van der Waals surface area contributed by atoms with Gasteiger partial charge in [-0.15, -0.1) is 0 Å². The zero-order valence-electron chi connectivity index (χ0n) is 10.1. The second kappa shape index (κ2) is 5.46. The maximum atomic E-state index is 5.55. The second-order valence-electron chi connectivity index (χ2n) is 4.53. The third kappa shape index (κ3) is 2.62. The first-order chi connectivity index (χ1) is 7.81. The van der Waals surface area contributed by atoms with Gasteiger partial charge in [-0.1, -0.05) is 0 Å². The number of ether oxygens (including phenoxy) is 1. The summed E-state index contributed by atoms with van der Waals surface area (Å²) in [5.41, 5.74) is 0. The maximum Gasteiger partial charge on any atom is 0.109 e. The van der Waals surface area contributed by atoms with E-state index in [1.54, 1.807) is 0 Å². The van der Waals surface area contributed by atoms with E-state index in [4.69, 9.17) is 4.74 Å². The highest BCUT2D eigenvalue weighted by molar-refractivity contribution is 4.96. The Bertz CT molecular complexity index is 318. The number of imidazole rings is 1. The first-order valence-electron chi connectivity index (χ1n) is 6.02. The predicted octanol–water partition coefficient (Wildman–Crippen LogP) is 0.977. The highest BCUT2D eigenvalue weighted by atomic mass is 16.5. The lowest BCUT2D eigenvalue weighted by Gasteiger charge is -2.29. The summed E-state index contributed by atoms with van der Waals surface area (Å²) in [5, 5.41) is 3.40. The fraction of sp³-hybridized carbons (Fsp3) is 0.750. The lowest BCUT2D eigenvalue weighted by Crippen LogP contribution is -2.40. The summed E-state index contributed by atoms with van der Waals surface area (Å²) >= 11 is 0. The van der Waals surface area contributed by atoms with Crippen LogP contribution in [-0.2, 0) is 18.2 Å². The summed E-state index contributed by atoms with van der Waals surface area (Å²) < 4.78 is 7.64. The highest BCUT2D eigenvalue weighted by Crippen LogP contribution is 2.19. The Morgan fingerprint density at radius 3 is 3.12 bits per heavy atom. The van der Waals surface area contributed by atoms with Crippen LogP contribution in [0.2, 0.25) is 0 Å². The van der Waals surface area contributed by atoms with Gasteiger partial charge in [0.15, 0.2) is 0 Å². The first kappa shape index (κ1) is 11.6. The fourth-order valence-corrected chi connectivity index (χ4v) is 2.38. The molecule has 1 aromatic heterocycles. The van der Waals surface area contributed by atoms with Crippen LogP contribution < -0.4 is 5.32 Å². The van der Waals surface area contributed by atoms with Gasteiger partial charge in [0.25, 0.3) is 0 Å². The van der Waals surface area contributed by atoms with Gasteiger partial charge < -0.3 is 14.6 Å². The Balaban J connectivity index is 1.97. The van der Waals surface area contributed by atoms with Gasteiger partial charge in [-0.05, 0) is 25.8 Å². The number of aromatic nitrogens is 2. The molecule has 0 aromatic carbocycles. The topological polar surface area (TPSA) is 39.1 Å². The van der Waals surface area contributed by atoms with Gasteiger partial charge in [-0.2, -0.15) is 0 Å². The zero-order valence-corrected chi connectivity index (χ0v) is 10.1. The number of nitrogens with one attached hydrogen (secondary N) is 1. The molecule has 1 N–H and O–H groups in total. The molecule has 90 valence electrons. The minimum atomic E-state index is 0.474. The number of aryl methyl sites for hydroxylation is 1. The molecule has 1 aromatic rings. The van der Waals surface area contributed by atoms with Crippen molar-refractivity contribution in [3.8, 4) is 0 Å².